The zero-order valence-electron chi connectivity index (χ0n) is 11.7. The minimum Gasteiger partial charge on any atom is -0.381 e. The van der Waals surface area contributed by atoms with Gasteiger partial charge in [0, 0.05) is 46.2 Å². The summed E-state index contributed by atoms with van der Waals surface area (Å²) >= 11 is 1.93. The smallest absolute Gasteiger partial charge is 0.195 e. The zero-order valence-corrected chi connectivity index (χ0v) is 12.5. The molecule has 0 unspecified atom stereocenters. The van der Waals surface area contributed by atoms with Gasteiger partial charge >= 0.3 is 0 Å². The Labute approximate surface area is 109 Å². The Kier molecular flexibility index (Phi) is 5.59. The number of thioether (sulfide) groups is 1. The molecule has 0 atom stereocenters. The molecule has 1 heterocycles. The van der Waals surface area contributed by atoms with Crippen LogP contribution in [0.2, 0.25) is 0 Å². The van der Waals surface area contributed by atoms with Crippen molar-refractivity contribution in [2.24, 2.45) is 4.99 Å². The van der Waals surface area contributed by atoms with Crippen LogP contribution in [0.1, 0.15) is 12.8 Å². The number of aliphatic imine (C=N–C) groups is 1. The minimum absolute atomic E-state index is 0.273. The maximum atomic E-state index is 5.45. The average molecular weight is 259 g/mol. The Morgan fingerprint density at radius 1 is 1.18 bits per heavy atom. The van der Waals surface area contributed by atoms with Gasteiger partial charge in [-0.1, -0.05) is 0 Å². The van der Waals surface area contributed by atoms with Crippen molar-refractivity contribution >= 4 is 17.7 Å². The highest BCUT2D eigenvalue weighted by Crippen LogP contribution is 2.34. The molecule has 0 aliphatic carbocycles. The second-order valence-electron chi connectivity index (χ2n) is 4.90. The van der Waals surface area contributed by atoms with Gasteiger partial charge in [-0.15, -0.1) is 0 Å². The van der Waals surface area contributed by atoms with Crippen LogP contribution in [0.15, 0.2) is 4.99 Å². The van der Waals surface area contributed by atoms with Crippen molar-refractivity contribution < 1.29 is 4.74 Å². The molecule has 5 heteroatoms. The fourth-order valence-electron chi connectivity index (χ4n) is 2.07. The number of ether oxygens (including phenoxy) is 1. The average Bonchev–Trinajstić information content (AvgIpc) is 2.29. The number of rotatable bonds is 3. The first kappa shape index (κ1) is 14.6. The summed E-state index contributed by atoms with van der Waals surface area (Å²) in [6.07, 6.45) is 4.39. The van der Waals surface area contributed by atoms with Crippen molar-refractivity contribution in [2.45, 2.75) is 17.6 Å². The van der Waals surface area contributed by atoms with E-state index in [9.17, 15) is 0 Å². The van der Waals surface area contributed by atoms with E-state index in [4.69, 9.17) is 9.73 Å². The molecule has 17 heavy (non-hydrogen) atoms. The summed E-state index contributed by atoms with van der Waals surface area (Å²) in [6.45, 7) is 2.62. The van der Waals surface area contributed by atoms with Crippen LogP contribution >= 0.6 is 11.8 Å². The van der Waals surface area contributed by atoms with Crippen LogP contribution in [0.5, 0.6) is 0 Å². The predicted molar refractivity (Wildman–Crippen MR) is 76.0 cm³/mol. The highest BCUT2D eigenvalue weighted by molar-refractivity contribution is 8.00. The van der Waals surface area contributed by atoms with Crippen LogP contribution in [0.25, 0.3) is 0 Å². The summed E-state index contributed by atoms with van der Waals surface area (Å²) in [4.78, 5) is 8.91. The molecule has 0 amide bonds. The molecule has 1 saturated heterocycles. The third-order valence-corrected chi connectivity index (χ3v) is 4.55. The quantitative estimate of drug-likeness (QED) is 0.565. The van der Waals surface area contributed by atoms with Gasteiger partial charge in [-0.2, -0.15) is 11.8 Å². The van der Waals surface area contributed by atoms with Crippen molar-refractivity contribution in [1.82, 2.24) is 9.80 Å². The lowest BCUT2D eigenvalue weighted by atomic mass is 9.99. The maximum Gasteiger partial charge on any atom is 0.195 e. The first-order valence-corrected chi connectivity index (χ1v) is 7.25. The maximum absolute atomic E-state index is 5.45. The normalized spacial score (nSPS) is 18.6. The van der Waals surface area contributed by atoms with Crippen molar-refractivity contribution in [3.8, 4) is 0 Å². The van der Waals surface area contributed by atoms with E-state index in [0.29, 0.717) is 0 Å². The highest BCUT2D eigenvalue weighted by atomic mass is 32.2. The molecule has 0 aromatic rings. The monoisotopic (exact) mass is 259 g/mol. The molecule has 0 aromatic heterocycles. The van der Waals surface area contributed by atoms with Crippen LogP contribution in [-0.2, 0) is 4.74 Å². The molecule has 4 nitrogen and oxygen atoms in total. The molecule has 1 rings (SSSR count). The van der Waals surface area contributed by atoms with Gasteiger partial charge in [-0.3, -0.25) is 4.99 Å². The second kappa shape index (κ2) is 6.50. The van der Waals surface area contributed by atoms with E-state index in [2.05, 4.69) is 16.1 Å². The third kappa shape index (κ3) is 4.07. The summed E-state index contributed by atoms with van der Waals surface area (Å²) in [5.41, 5.74) is 0. The van der Waals surface area contributed by atoms with Crippen molar-refractivity contribution in [3.05, 3.63) is 0 Å². The molecule has 0 aromatic carbocycles. The molecule has 1 aliphatic rings. The standard InChI is InChI=1S/C12H25N3OS/c1-14(2)11(15(3)4)13-10-12(17-5)6-8-16-9-7-12/h6-10H2,1-5H3. The van der Waals surface area contributed by atoms with Crippen molar-refractivity contribution in [3.63, 3.8) is 0 Å². The first-order chi connectivity index (χ1) is 8.01. The molecule has 0 bridgehead atoms. The molecule has 0 spiro atoms. The summed E-state index contributed by atoms with van der Waals surface area (Å²) < 4.78 is 5.72. The van der Waals surface area contributed by atoms with Gasteiger partial charge in [0.15, 0.2) is 5.96 Å². The van der Waals surface area contributed by atoms with Gasteiger partial charge in [-0.05, 0) is 19.1 Å². The summed E-state index contributed by atoms with van der Waals surface area (Å²) in [7, 11) is 8.15. The van der Waals surface area contributed by atoms with Gasteiger partial charge in [0.2, 0.25) is 0 Å². The predicted octanol–water partition coefficient (Wildman–Crippen LogP) is 1.38. The highest BCUT2D eigenvalue weighted by Gasteiger charge is 2.31. The van der Waals surface area contributed by atoms with Crippen LogP contribution in [0.3, 0.4) is 0 Å². The second-order valence-corrected chi connectivity index (χ2v) is 6.18. The topological polar surface area (TPSA) is 28.1 Å². The van der Waals surface area contributed by atoms with E-state index < -0.39 is 0 Å². The fourth-order valence-corrected chi connectivity index (χ4v) is 2.84. The largest absolute Gasteiger partial charge is 0.381 e. The molecule has 0 radical (unpaired) electrons. The van der Waals surface area contributed by atoms with E-state index in [1.54, 1.807) is 0 Å². The van der Waals surface area contributed by atoms with Gasteiger partial charge in [0.1, 0.15) is 0 Å². The Hall–Kier alpha value is -0.420. The summed E-state index contributed by atoms with van der Waals surface area (Å²) in [6, 6.07) is 0. The van der Waals surface area contributed by atoms with Crippen molar-refractivity contribution in [2.75, 3.05) is 54.2 Å². The van der Waals surface area contributed by atoms with Crippen LogP contribution < -0.4 is 0 Å². The van der Waals surface area contributed by atoms with Gasteiger partial charge in [-0.25, -0.2) is 0 Å². The lowest BCUT2D eigenvalue weighted by molar-refractivity contribution is 0.0793. The Bertz CT molecular complexity index is 250. The number of hydrogen-bond acceptors (Lipinski definition) is 3. The minimum atomic E-state index is 0.273. The molecule has 0 saturated carbocycles. The van der Waals surface area contributed by atoms with Gasteiger partial charge in [0.05, 0.1) is 6.54 Å². The van der Waals surface area contributed by atoms with Crippen molar-refractivity contribution in [1.29, 1.82) is 0 Å². The van der Waals surface area contributed by atoms with Gasteiger partial charge in [0.25, 0.3) is 0 Å². The van der Waals surface area contributed by atoms with E-state index in [1.807, 2.05) is 40.0 Å². The van der Waals surface area contributed by atoms with E-state index in [-0.39, 0.29) is 4.75 Å². The van der Waals surface area contributed by atoms with E-state index in [1.165, 1.54) is 0 Å². The lowest BCUT2D eigenvalue weighted by Crippen LogP contribution is -2.40. The molecule has 1 aliphatic heterocycles. The molecule has 1 fully saturated rings. The van der Waals surface area contributed by atoms with E-state index >= 15 is 0 Å². The number of hydrogen-bond donors (Lipinski definition) is 0. The molecule has 0 N–H and O–H groups in total. The summed E-state index contributed by atoms with van der Waals surface area (Å²) in [5.74, 6) is 1.03. The van der Waals surface area contributed by atoms with Crippen LogP contribution in [0.4, 0.5) is 0 Å². The van der Waals surface area contributed by atoms with Crippen LogP contribution in [-0.4, -0.2) is 74.7 Å². The lowest BCUT2D eigenvalue weighted by Gasteiger charge is -2.35. The molecular formula is C12H25N3OS. The Morgan fingerprint density at radius 3 is 2.12 bits per heavy atom. The fraction of sp³-hybridized carbons (Fsp3) is 0.917. The summed E-state index contributed by atoms with van der Waals surface area (Å²) in [5, 5.41) is 0. The Morgan fingerprint density at radius 2 is 1.71 bits per heavy atom. The SMILES string of the molecule is CSC1(CN=C(N(C)C)N(C)C)CCOCC1. The Balaban J connectivity index is 2.70. The van der Waals surface area contributed by atoms with E-state index in [0.717, 1.165) is 38.6 Å². The first-order valence-electron chi connectivity index (χ1n) is 6.03. The number of nitrogens with zero attached hydrogens (tertiary/aromatic N) is 3. The van der Waals surface area contributed by atoms with Crippen LogP contribution in [0, 0.1) is 0 Å². The van der Waals surface area contributed by atoms with Gasteiger partial charge < -0.3 is 14.5 Å². The third-order valence-electron chi connectivity index (χ3n) is 3.15. The molecular weight excluding hydrogens is 234 g/mol. The zero-order chi connectivity index (χ0) is 12.9. The molecule has 100 valence electrons. The number of guanidine groups is 1.